The Morgan fingerprint density at radius 2 is 2.09 bits per heavy atom. The Morgan fingerprint density at radius 3 is 2.09 bits per heavy atom. The summed E-state index contributed by atoms with van der Waals surface area (Å²) in [5.41, 5.74) is 2.08. The predicted molar refractivity (Wildman–Crippen MR) is 41.5 cm³/mol. The number of rotatable bonds is 3. The lowest BCUT2D eigenvalue weighted by Gasteiger charge is -1.94. The number of carboxylic acids is 1. The van der Waals surface area contributed by atoms with Crippen molar-refractivity contribution in [3.63, 3.8) is 0 Å². The molecule has 0 aromatic rings. The highest BCUT2D eigenvalue weighted by Crippen LogP contribution is 1.82. The third-order valence-electron chi connectivity index (χ3n) is 0.705. The van der Waals surface area contributed by atoms with Crippen LogP contribution in [0, 0.1) is 0 Å². The number of carbonyl (C=O) groups is 1. The number of hydrazine groups is 1. The average Bonchev–Trinajstić information content (AvgIpc) is 1.89. The zero-order valence-corrected chi connectivity index (χ0v) is 6.87. The van der Waals surface area contributed by atoms with Gasteiger partial charge in [-0.3, -0.25) is 10.6 Å². The fourth-order valence-electron chi connectivity index (χ4n) is 0.214. The van der Waals surface area contributed by atoms with Gasteiger partial charge in [0.05, 0.1) is 0 Å². The van der Waals surface area contributed by atoms with Crippen molar-refractivity contribution < 1.29 is 15.0 Å². The Labute approximate surface area is 66.2 Å². The van der Waals surface area contributed by atoms with E-state index >= 15 is 0 Å². The van der Waals surface area contributed by atoms with Crippen LogP contribution in [0.2, 0.25) is 0 Å². The third-order valence-corrected chi connectivity index (χ3v) is 0.705. The van der Waals surface area contributed by atoms with Crippen molar-refractivity contribution in [2.24, 2.45) is 5.84 Å². The molecule has 0 amide bonds. The van der Waals surface area contributed by atoms with Gasteiger partial charge in [-0.25, -0.2) is 5.43 Å². The largest absolute Gasteiger partial charge is 0.481 e. The number of nitrogens with one attached hydrogen (secondary N) is 1. The zero-order valence-electron chi connectivity index (χ0n) is 6.87. The Kier molecular flexibility index (Phi) is 11.0. The maximum Gasteiger partial charge on any atom is 0.303 e. The number of aliphatic carboxylic acids is 1. The number of carboxylic acid groups (broad SMARTS) is 1. The molecular formula is C6H16N2O3. The molecule has 0 aliphatic rings. The van der Waals surface area contributed by atoms with Crippen LogP contribution in [0.1, 0.15) is 26.7 Å². The molecule has 0 heterocycles. The van der Waals surface area contributed by atoms with Gasteiger partial charge in [0.25, 0.3) is 0 Å². The maximum absolute atomic E-state index is 9.60. The summed E-state index contributed by atoms with van der Waals surface area (Å²) in [6.45, 7) is 3.38. The molecule has 5 nitrogen and oxygen atoms in total. The summed E-state index contributed by atoms with van der Waals surface area (Å²) in [7, 11) is 0. The van der Waals surface area contributed by atoms with Crippen LogP contribution in [0.3, 0.4) is 0 Å². The highest BCUT2D eigenvalue weighted by Gasteiger charge is 1.87. The summed E-state index contributed by atoms with van der Waals surface area (Å²) in [5.74, 6) is 3.96. The van der Waals surface area contributed by atoms with Crippen LogP contribution in [-0.4, -0.2) is 22.4 Å². The summed E-state index contributed by atoms with van der Waals surface area (Å²) in [6, 6.07) is 0. The summed E-state index contributed by atoms with van der Waals surface area (Å²) in [5, 5.41) is 16.0. The second-order valence-corrected chi connectivity index (χ2v) is 1.99. The first-order valence-corrected chi connectivity index (χ1v) is 3.40. The van der Waals surface area contributed by atoms with Gasteiger partial charge in [-0.1, -0.05) is 6.92 Å². The predicted octanol–water partition coefficient (Wildman–Crippen LogP) is -0.341. The third kappa shape index (κ3) is 26.7. The highest BCUT2D eigenvalue weighted by atomic mass is 16.4. The van der Waals surface area contributed by atoms with Gasteiger partial charge in [0, 0.05) is 6.42 Å². The van der Waals surface area contributed by atoms with Crippen LogP contribution in [0.4, 0.5) is 0 Å². The zero-order chi connectivity index (χ0) is 9.28. The van der Waals surface area contributed by atoms with Gasteiger partial charge in [0.15, 0.2) is 0 Å². The van der Waals surface area contributed by atoms with E-state index in [-0.39, 0.29) is 0 Å². The monoisotopic (exact) mass is 164 g/mol. The van der Waals surface area contributed by atoms with Gasteiger partial charge in [0.1, 0.15) is 6.23 Å². The molecule has 0 radical (unpaired) electrons. The van der Waals surface area contributed by atoms with Crippen LogP contribution in [0.15, 0.2) is 0 Å². The fraction of sp³-hybridized carbons (Fsp3) is 0.833. The molecule has 1 unspecified atom stereocenters. The first-order chi connectivity index (χ1) is 5.04. The van der Waals surface area contributed by atoms with Crippen LogP contribution < -0.4 is 11.3 Å². The molecule has 0 aliphatic carbocycles. The quantitative estimate of drug-likeness (QED) is 0.260. The first kappa shape index (κ1) is 13.0. The number of hydrogen-bond donors (Lipinski definition) is 4. The molecule has 68 valence electrons. The second-order valence-electron chi connectivity index (χ2n) is 1.99. The maximum atomic E-state index is 9.60. The van der Waals surface area contributed by atoms with Crippen molar-refractivity contribution in [2.75, 3.05) is 0 Å². The van der Waals surface area contributed by atoms with Crippen molar-refractivity contribution in [3.8, 4) is 0 Å². The Balaban J connectivity index is 0. The topological polar surface area (TPSA) is 95.6 Å². The van der Waals surface area contributed by atoms with Crippen LogP contribution >= 0.6 is 0 Å². The van der Waals surface area contributed by atoms with E-state index in [0.29, 0.717) is 6.42 Å². The molecule has 0 saturated carbocycles. The Bertz CT molecular complexity index is 95.8. The standard InChI is InChI=1S/C4H8O2.C2H8N2O/c1-2-3-4(5)6;1-2(5)4-3/h2-3H2,1H3,(H,5,6);2,4-5H,3H2,1H3. The van der Waals surface area contributed by atoms with Gasteiger partial charge in [-0.15, -0.1) is 0 Å². The lowest BCUT2D eigenvalue weighted by Crippen LogP contribution is -2.31. The molecule has 11 heavy (non-hydrogen) atoms. The van der Waals surface area contributed by atoms with E-state index in [1.165, 1.54) is 0 Å². The van der Waals surface area contributed by atoms with Crippen LogP contribution in [0.5, 0.6) is 0 Å². The van der Waals surface area contributed by atoms with Crippen molar-refractivity contribution in [3.05, 3.63) is 0 Å². The lowest BCUT2D eigenvalue weighted by atomic mass is 10.4. The molecule has 0 aromatic carbocycles. The van der Waals surface area contributed by atoms with E-state index in [4.69, 9.17) is 10.2 Å². The van der Waals surface area contributed by atoms with Crippen molar-refractivity contribution in [2.45, 2.75) is 32.9 Å². The van der Waals surface area contributed by atoms with E-state index < -0.39 is 12.2 Å². The minimum Gasteiger partial charge on any atom is -0.481 e. The molecule has 0 saturated heterocycles. The molecular weight excluding hydrogens is 148 g/mol. The SMILES string of the molecule is CC(O)NN.CCCC(=O)O. The molecule has 0 rings (SSSR count). The first-order valence-electron chi connectivity index (χ1n) is 3.40. The molecule has 0 aliphatic heterocycles. The number of hydrogen-bond acceptors (Lipinski definition) is 4. The molecule has 0 aromatic heterocycles. The molecule has 0 spiro atoms. The molecule has 5 N–H and O–H groups in total. The number of aliphatic hydroxyl groups is 1. The van der Waals surface area contributed by atoms with Crippen LogP contribution in [-0.2, 0) is 4.79 Å². The van der Waals surface area contributed by atoms with Gasteiger partial charge < -0.3 is 10.2 Å². The van der Waals surface area contributed by atoms with Gasteiger partial charge in [0.2, 0.25) is 0 Å². The molecule has 0 bridgehead atoms. The smallest absolute Gasteiger partial charge is 0.303 e. The van der Waals surface area contributed by atoms with Crippen LogP contribution in [0.25, 0.3) is 0 Å². The van der Waals surface area contributed by atoms with Crippen molar-refractivity contribution in [1.82, 2.24) is 5.43 Å². The molecule has 1 atom stereocenters. The minimum atomic E-state index is -0.711. The summed E-state index contributed by atoms with van der Waals surface area (Å²) >= 11 is 0. The molecule has 5 heteroatoms. The minimum absolute atomic E-state index is 0.292. The normalized spacial score (nSPS) is 11.3. The summed E-state index contributed by atoms with van der Waals surface area (Å²) in [6.07, 6.45) is 0.435. The van der Waals surface area contributed by atoms with E-state index in [2.05, 4.69) is 11.3 Å². The number of nitrogens with two attached hydrogens (primary N) is 1. The Hall–Kier alpha value is -0.650. The summed E-state index contributed by atoms with van der Waals surface area (Å²) in [4.78, 5) is 9.60. The lowest BCUT2D eigenvalue weighted by molar-refractivity contribution is -0.137. The second kappa shape index (κ2) is 9.35. The van der Waals surface area contributed by atoms with Gasteiger partial charge in [-0.2, -0.15) is 0 Å². The van der Waals surface area contributed by atoms with Crippen molar-refractivity contribution >= 4 is 5.97 Å². The van der Waals surface area contributed by atoms with Gasteiger partial charge in [-0.05, 0) is 13.3 Å². The van der Waals surface area contributed by atoms with E-state index in [0.717, 1.165) is 6.42 Å². The Morgan fingerprint density at radius 1 is 1.73 bits per heavy atom. The summed E-state index contributed by atoms with van der Waals surface area (Å²) < 4.78 is 0. The fourth-order valence-corrected chi connectivity index (χ4v) is 0.214. The van der Waals surface area contributed by atoms with Gasteiger partial charge >= 0.3 is 5.97 Å². The number of aliphatic hydroxyl groups excluding tert-OH is 1. The van der Waals surface area contributed by atoms with E-state index in [9.17, 15) is 4.79 Å². The average molecular weight is 164 g/mol. The van der Waals surface area contributed by atoms with E-state index in [1.54, 1.807) is 6.92 Å². The molecule has 0 fully saturated rings. The van der Waals surface area contributed by atoms with Crippen molar-refractivity contribution in [1.29, 1.82) is 0 Å². The highest BCUT2D eigenvalue weighted by molar-refractivity contribution is 5.66. The van der Waals surface area contributed by atoms with E-state index in [1.807, 2.05) is 6.92 Å².